The molecule has 1 aromatic heterocycles. The van der Waals surface area contributed by atoms with E-state index in [1.165, 1.54) is 12.0 Å². The van der Waals surface area contributed by atoms with Crippen LogP contribution < -0.4 is 5.32 Å². The molecule has 1 N–H and O–H groups in total. The standard InChI is InChI=1S/C17H26N4/c1-6-13(2)14-7-9-15(10-8-14)18-11-16-12-21(20-19-16)17(3,4)5/h7-10,12-13,18H,6,11H2,1-5H3. The molecule has 0 saturated carbocycles. The van der Waals surface area contributed by atoms with Crippen LogP contribution in [0.5, 0.6) is 0 Å². The van der Waals surface area contributed by atoms with Crippen LogP contribution in [-0.2, 0) is 12.1 Å². The van der Waals surface area contributed by atoms with E-state index in [0.717, 1.165) is 11.4 Å². The van der Waals surface area contributed by atoms with Crippen LogP contribution in [0.25, 0.3) is 0 Å². The van der Waals surface area contributed by atoms with Gasteiger partial charge in [-0.2, -0.15) is 0 Å². The summed E-state index contributed by atoms with van der Waals surface area (Å²) in [6, 6.07) is 8.66. The Morgan fingerprint density at radius 1 is 1.19 bits per heavy atom. The fourth-order valence-electron chi connectivity index (χ4n) is 2.07. The van der Waals surface area contributed by atoms with Crippen molar-refractivity contribution in [2.24, 2.45) is 0 Å². The quantitative estimate of drug-likeness (QED) is 0.897. The topological polar surface area (TPSA) is 42.7 Å². The summed E-state index contributed by atoms with van der Waals surface area (Å²) in [6.07, 6.45) is 3.17. The zero-order valence-electron chi connectivity index (χ0n) is 13.7. The molecule has 0 aliphatic carbocycles. The van der Waals surface area contributed by atoms with Crippen LogP contribution >= 0.6 is 0 Å². The summed E-state index contributed by atoms with van der Waals surface area (Å²) >= 11 is 0. The summed E-state index contributed by atoms with van der Waals surface area (Å²) < 4.78 is 1.90. The van der Waals surface area contributed by atoms with Gasteiger partial charge in [-0.3, -0.25) is 0 Å². The molecule has 0 radical (unpaired) electrons. The molecule has 1 heterocycles. The van der Waals surface area contributed by atoms with Crippen LogP contribution in [0.3, 0.4) is 0 Å². The third-order valence-corrected chi connectivity index (χ3v) is 3.79. The van der Waals surface area contributed by atoms with E-state index in [1.807, 2.05) is 10.9 Å². The zero-order valence-corrected chi connectivity index (χ0v) is 13.7. The van der Waals surface area contributed by atoms with E-state index in [9.17, 15) is 0 Å². The van der Waals surface area contributed by atoms with Gasteiger partial charge in [0.1, 0.15) is 5.69 Å². The largest absolute Gasteiger partial charge is 0.379 e. The Balaban J connectivity index is 1.95. The molecule has 2 rings (SSSR count). The highest BCUT2D eigenvalue weighted by Gasteiger charge is 2.14. The summed E-state index contributed by atoms with van der Waals surface area (Å²) in [5.41, 5.74) is 3.44. The molecule has 2 aromatic rings. The number of hydrogen-bond donors (Lipinski definition) is 1. The van der Waals surface area contributed by atoms with Crippen molar-refractivity contribution in [2.75, 3.05) is 5.32 Å². The van der Waals surface area contributed by atoms with E-state index in [-0.39, 0.29) is 5.54 Å². The first kappa shape index (κ1) is 15.5. The molecular formula is C17H26N4. The highest BCUT2D eigenvalue weighted by atomic mass is 15.4. The minimum Gasteiger partial charge on any atom is -0.379 e. The molecule has 0 aliphatic heterocycles. The fourth-order valence-corrected chi connectivity index (χ4v) is 2.07. The van der Waals surface area contributed by atoms with Crippen LogP contribution in [0.4, 0.5) is 5.69 Å². The molecule has 0 saturated heterocycles. The minimum atomic E-state index is -0.0246. The first-order valence-electron chi connectivity index (χ1n) is 7.65. The maximum atomic E-state index is 4.21. The maximum absolute atomic E-state index is 4.21. The molecule has 4 nitrogen and oxygen atoms in total. The van der Waals surface area contributed by atoms with E-state index in [4.69, 9.17) is 0 Å². The van der Waals surface area contributed by atoms with E-state index < -0.39 is 0 Å². The van der Waals surface area contributed by atoms with Gasteiger partial charge in [0.05, 0.1) is 18.3 Å². The summed E-state index contributed by atoms with van der Waals surface area (Å²) in [5, 5.41) is 11.8. The molecule has 1 atom stereocenters. The number of benzene rings is 1. The van der Waals surface area contributed by atoms with Crippen molar-refractivity contribution in [1.29, 1.82) is 0 Å². The van der Waals surface area contributed by atoms with Gasteiger partial charge in [-0.05, 0) is 50.8 Å². The summed E-state index contributed by atoms with van der Waals surface area (Å²) in [6.45, 7) is 11.5. The van der Waals surface area contributed by atoms with Gasteiger partial charge in [0.2, 0.25) is 0 Å². The van der Waals surface area contributed by atoms with Gasteiger partial charge in [0, 0.05) is 5.69 Å². The van der Waals surface area contributed by atoms with E-state index in [1.54, 1.807) is 0 Å². The summed E-state index contributed by atoms with van der Waals surface area (Å²) in [4.78, 5) is 0. The van der Waals surface area contributed by atoms with Gasteiger partial charge in [0.25, 0.3) is 0 Å². The van der Waals surface area contributed by atoms with Crippen molar-refractivity contribution in [3.8, 4) is 0 Å². The van der Waals surface area contributed by atoms with Crippen LogP contribution in [0, 0.1) is 0 Å². The molecule has 0 amide bonds. The molecule has 0 fully saturated rings. The normalized spacial score (nSPS) is 13.2. The van der Waals surface area contributed by atoms with Crippen LogP contribution in [0.15, 0.2) is 30.5 Å². The monoisotopic (exact) mass is 286 g/mol. The van der Waals surface area contributed by atoms with Crippen molar-refractivity contribution in [3.05, 3.63) is 41.7 Å². The minimum absolute atomic E-state index is 0.0246. The van der Waals surface area contributed by atoms with Gasteiger partial charge in [-0.1, -0.05) is 31.2 Å². The van der Waals surface area contributed by atoms with Crippen molar-refractivity contribution >= 4 is 5.69 Å². The number of anilines is 1. The number of aromatic nitrogens is 3. The Bertz CT molecular complexity index is 563. The number of hydrogen-bond acceptors (Lipinski definition) is 3. The first-order valence-corrected chi connectivity index (χ1v) is 7.65. The number of nitrogens with one attached hydrogen (secondary N) is 1. The Morgan fingerprint density at radius 3 is 2.38 bits per heavy atom. The van der Waals surface area contributed by atoms with Crippen molar-refractivity contribution in [1.82, 2.24) is 15.0 Å². The predicted molar refractivity (Wildman–Crippen MR) is 87.5 cm³/mol. The van der Waals surface area contributed by atoms with Gasteiger partial charge in [-0.25, -0.2) is 4.68 Å². The first-order chi connectivity index (χ1) is 9.90. The third-order valence-electron chi connectivity index (χ3n) is 3.79. The summed E-state index contributed by atoms with van der Waals surface area (Å²) in [5.74, 6) is 0.616. The Morgan fingerprint density at radius 2 is 1.86 bits per heavy atom. The van der Waals surface area contributed by atoms with Gasteiger partial charge < -0.3 is 5.32 Å². The zero-order chi connectivity index (χ0) is 15.5. The third kappa shape index (κ3) is 4.06. The van der Waals surface area contributed by atoms with Gasteiger partial charge in [0.15, 0.2) is 0 Å². The molecule has 114 valence electrons. The van der Waals surface area contributed by atoms with Crippen LogP contribution in [-0.4, -0.2) is 15.0 Å². The second-order valence-corrected chi connectivity index (χ2v) is 6.61. The molecular weight excluding hydrogens is 260 g/mol. The SMILES string of the molecule is CCC(C)c1ccc(NCc2cn(C(C)(C)C)nn2)cc1. The highest BCUT2D eigenvalue weighted by Crippen LogP contribution is 2.20. The molecule has 1 unspecified atom stereocenters. The molecule has 0 bridgehead atoms. The summed E-state index contributed by atoms with van der Waals surface area (Å²) in [7, 11) is 0. The number of rotatable bonds is 5. The smallest absolute Gasteiger partial charge is 0.102 e. The fraction of sp³-hybridized carbons (Fsp3) is 0.529. The molecule has 21 heavy (non-hydrogen) atoms. The lowest BCUT2D eigenvalue weighted by Gasteiger charge is -2.17. The Kier molecular flexibility index (Phi) is 4.66. The Hall–Kier alpha value is -1.84. The van der Waals surface area contributed by atoms with E-state index in [2.05, 4.69) is 74.5 Å². The maximum Gasteiger partial charge on any atom is 0.102 e. The van der Waals surface area contributed by atoms with Crippen LogP contribution in [0.2, 0.25) is 0 Å². The van der Waals surface area contributed by atoms with E-state index >= 15 is 0 Å². The lowest BCUT2D eigenvalue weighted by Crippen LogP contribution is -2.22. The molecule has 0 aliphatic rings. The number of nitrogens with zero attached hydrogens (tertiary/aromatic N) is 3. The predicted octanol–water partition coefficient (Wildman–Crippen LogP) is 4.16. The molecule has 4 heteroatoms. The second kappa shape index (κ2) is 6.29. The van der Waals surface area contributed by atoms with Crippen molar-refractivity contribution in [2.45, 2.75) is 59.0 Å². The Labute approximate surface area is 127 Å². The van der Waals surface area contributed by atoms with Gasteiger partial charge in [-0.15, -0.1) is 5.10 Å². The van der Waals surface area contributed by atoms with Crippen molar-refractivity contribution < 1.29 is 0 Å². The lowest BCUT2D eigenvalue weighted by atomic mass is 9.99. The average molecular weight is 286 g/mol. The van der Waals surface area contributed by atoms with Crippen LogP contribution in [0.1, 0.15) is 58.2 Å². The average Bonchev–Trinajstić information content (AvgIpc) is 2.94. The lowest BCUT2D eigenvalue weighted by molar-refractivity contribution is 0.347. The molecule has 1 aromatic carbocycles. The van der Waals surface area contributed by atoms with Crippen molar-refractivity contribution in [3.63, 3.8) is 0 Å². The van der Waals surface area contributed by atoms with E-state index in [0.29, 0.717) is 12.5 Å². The van der Waals surface area contributed by atoms with Gasteiger partial charge >= 0.3 is 0 Å². The highest BCUT2D eigenvalue weighted by molar-refractivity contribution is 5.45. The molecule has 0 spiro atoms. The second-order valence-electron chi connectivity index (χ2n) is 6.61.